The average Bonchev–Trinajstić information content (AvgIpc) is 3.46. The number of H-pyrrole nitrogens is 1. The van der Waals surface area contributed by atoms with Gasteiger partial charge in [0.05, 0.1) is 11.1 Å². The van der Waals surface area contributed by atoms with Crippen molar-refractivity contribution in [1.29, 1.82) is 0 Å². The van der Waals surface area contributed by atoms with E-state index in [0.29, 0.717) is 42.0 Å². The molecule has 1 aromatic heterocycles. The van der Waals surface area contributed by atoms with Gasteiger partial charge in [0.1, 0.15) is 11.6 Å². The van der Waals surface area contributed by atoms with Gasteiger partial charge in [0, 0.05) is 68.3 Å². The number of halogens is 2. The smallest absolute Gasteiger partial charge is 0.258 e. The van der Waals surface area contributed by atoms with Crippen molar-refractivity contribution in [2.24, 2.45) is 0 Å². The number of aromatic nitrogens is 2. The molecule has 2 fully saturated rings. The molecule has 7 rings (SSSR count). The number of fused-ring (bicyclic) bond motifs is 1. The number of benzene rings is 4. The van der Waals surface area contributed by atoms with Gasteiger partial charge in [0.2, 0.25) is 0 Å². The number of aromatic amines is 1. The van der Waals surface area contributed by atoms with Crippen LogP contribution in [0.4, 0.5) is 26.0 Å². The van der Waals surface area contributed by atoms with Gasteiger partial charge in [-0.1, -0.05) is 30.3 Å². The highest BCUT2D eigenvalue weighted by molar-refractivity contribution is 6.11. The highest BCUT2D eigenvalue weighted by Gasteiger charge is 2.22. The van der Waals surface area contributed by atoms with Crippen LogP contribution in [0.2, 0.25) is 0 Å². The molecule has 4 N–H and O–H groups in total. The molecule has 0 atom stereocenters. The van der Waals surface area contributed by atoms with Gasteiger partial charge in [-0.2, -0.15) is 5.10 Å². The van der Waals surface area contributed by atoms with Crippen molar-refractivity contribution in [2.75, 3.05) is 54.9 Å². The molecule has 1 amide bonds. The lowest BCUT2D eigenvalue weighted by Crippen LogP contribution is -2.43. The van der Waals surface area contributed by atoms with Crippen LogP contribution in [-0.2, 0) is 11.2 Å². The van der Waals surface area contributed by atoms with E-state index in [1.54, 1.807) is 0 Å². The molecule has 3 heterocycles. The third-order valence-electron chi connectivity index (χ3n) is 8.73. The van der Waals surface area contributed by atoms with Gasteiger partial charge in [0.25, 0.3) is 5.91 Å². The number of hydrogen-bond donors (Lipinski definition) is 4. The zero-order valence-electron chi connectivity index (χ0n) is 25.4. The highest BCUT2D eigenvalue weighted by Crippen LogP contribution is 2.34. The Hall–Kier alpha value is -4.80. The normalized spacial score (nSPS) is 15.7. The second-order valence-corrected chi connectivity index (χ2v) is 11.9. The minimum atomic E-state index is -0.623. The Morgan fingerprint density at radius 2 is 1.70 bits per heavy atom. The molecule has 0 unspecified atom stereocenters. The van der Waals surface area contributed by atoms with Crippen molar-refractivity contribution in [1.82, 2.24) is 15.5 Å². The first-order valence-electron chi connectivity index (χ1n) is 15.8. The molecule has 236 valence electrons. The zero-order chi connectivity index (χ0) is 31.5. The Morgan fingerprint density at radius 1 is 0.935 bits per heavy atom. The third kappa shape index (κ3) is 6.59. The van der Waals surface area contributed by atoms with Crippen molar-refractivity contribution >= 4 is 34.0 Å². The highest BCUT2D eigenvalue weighted by atomic mass is 19.1. The molecular formula is C36H36F2N6O2. The molecule has 5 aromatic rings. The lowest BCUT2D eigenvalue weighted by molar-refractivity contribution is 0.0904. The van der Waals surface area contributed by atoms with Crippen LogP contribution in [0.3, 0.4) is 0 Å². The van der Waals surface area contributed by atoms with E-state index in [1.807, 2.05) is 54.6 Å². The van der Waals surface area contributed by atoms with E-state index < -0.39 is 11.6 Å². The summed E-state index contributed by atoms with van der Waals surface area (Å²) < 4.78 is 33.8. The van der Waals surface area contributed by atoms with Crippen LogP contribution in [0.5, 0.6) is 0 Å². The number of hydrogen-bond acceptors (Lipinski definition) is 6. The minimum Gasteiger partial charge on any atom is -0.381 e. The molecule has 10 heteroatoms. The van der Waals surface area contributed by atoms with E-state index in [-0.39, 0.29) is 11.9 Å². The summed E-state index contributed by atoms with van der Waals surface area (Å²) in [7, 11) is 0. The van der Waals surface area contributed by atoms with Gasteiger partial charge in [-0.25, -0.2) is 8.78 Å². The maximum Gasteiger partial charge on any atom is 0.258 e. The van der Waals surface area contributed by atoms with Gasteiger partial charge < -0.3 is 25.6 Å². The largest absolute Gasteiger partial charge is 0.381 e. The second kappa shape index (κ2) is 13.3. The summed E-state index contributed by atoms with van der Waals surface area (Å²) in [6.45, 7) is 5.00. The summed E-state index contributed by atoms with van der Waals surface area (Å²) >= 11 is 0. The third-order valence-corrected chi connectivity index (χ3v) is 8.73. The van der Waals surface area contributed by atoms with E-state index in [9.17, 15) is 13.6 Å². The molecule has 2 saturated heterocycles. The quantitative estimate of drug-likeness (QED) is 0.161. The Morgan fingerprint density at radius 3 is 2.46 bits per heavy atom. The maximum absolute atomic E-state index is 14.1. The van der Waals surface area contributed by atoms with Crippen LogP contribution >= 0.6 is 0 Å². The van der Waals surface area contributed by atoms with Crippen LogP contribution in [0.1, 0.15) is 34.3 Å². The molecule has 2 aliphatic rings. The predicted molar refractivity (Wildman–Crippen MR) is 178 cm³/mol. The van der Waals surface area contributed by atoms with Crippen LogP contribution in [0, 0.1) is 11.6 Å². The standard InChI is InChI=1S/C36H36F2N6O2/c37-26-17-23(18-27(38)20-26)16-25-19-32-34(22-31(25)24-4-2-1-3-5-24)42-43-35(32)41-36(45)30-7-6-29(44-12-10-39-11-13-44)21-33(30)40-28-8-14-46-15-9-28/h1-7,17-22,28,39-40H,8-16H2,(H2,41,42,43,45). The number of ether oxygens (including phenoxy) is 1. The molecule has 8 nitrogen and oxygen atoms in total. The fraction of sp³-hybridized carbons (Fsp3) is 0.278. The van der Waals surface area contributed by atoms with Crippen molar-refractivity contribution < 1.29 is 18.3 Å². The van der Waals surface area contributed by atoms with Gasteiger partial charge in [-0.3, -0.25) is 9.89 Å². The van der Waals surface area contributed by atoms with E-state index >= 15 is 0 Å². The Balaban J connectivity index is 1.22. The number of rotatable bonds is 8. The molecule has 0 aliphatic carbocycles. The summed E-state index contributed by atoms with van der Waals surface area (Å²) in [4.78, 5) is 16.2. The van der Waals surface area contributed by atoms with E-state index in [4.69, 9.17) is 4.74 Å². The Bertz CT molecular complexity index is 1830. The molecule has 46 heavy (non-hydrogen) atoms. The van der Waals surface area contributed by atoms with Crippen LogP contribution in [0.15, 0.2) is 78.9 Å². The monoisotopic (exact) mass is 622 g/mol. The fourth-order valence-electron chi connectivity index (χ4n) is 6.38. The fourth-order valence-corrected chi connectivity index (χ4v) is 6.38. The number of amides is 1. The summed E-state index contributed by atoms with van der Waals surface area (Å²) in [6.07, 6.45) is 2.02. The molecule has 0 spiro atoms. The van der Waals surface area contributed by atoms with E-state index in [2.05, 4.69) is 37.1 Å². The number of nitrogens with one attached hydrogen (secondary N) is 4. The average molecular weight is 623 g/mol. The summed E-state index contributed by atoms with van der Waals surface area (Å²) in [5.74, 6) is -1.14. The lowest BCUT2D eigenvalue weighted by atomic mass is 9.93. The van der Waals surface area contributed by atoms with Crippen LogP contribution in [-0.4, -0.2) is 61.5 Å². The number of piperazine rings is 1. The first kappa shape index (κ1) is 29.9. The van der Waals surface area contributed by atoms with Crippen LogP contribution < -0.4 is 20.9 Å². The minimum absolute atomic E-state index is 0.205. The number of anilines is 3. The summed E-state index contributed by atoms with van der Waals surface area (Å²) in [5, 5.41) is 18.3. The molecular weight excluding hydrogens is 586 g/mol. The lowest BCUT2D eigenvalue weighted by Gasteiger charge is -2.31. The molecule has 4 aromatic carbocycles. The van der Waals surface area contributed by atoms with Gasteiger partial charge in [-0.15, -0.1) is 0 Å². The Kier molecular flexibility index (Phi) is 8.63. The summed E-state index contributed by atoms with van der Waals surface area (Å²) in [6, 6.07) is 23.4. The van der Waals surface area contributed by atoms with Gasteiger partial charge in [0.15, 0.2) is 5.82 Å². The molecule has 0 radical (unpaired) electrons. The number of carbonyl (C=O) groups excluding carboxylic acids is 1. The van der Waals surface area contributed by atoms with Crippen LogP contribution in [0.25, 0.3) is 22.0 Å². The maximum atomic E-state index is 14.1. The number of nitrogens with zero attached hydrogens (tertiary/aromatic N) is 2. The van der Waals surface area contributed by atoms with E-state index in [1.165, 1.54) is 12.1 Å². The predicted octanol–water partition coefficient (Wildman–Crippen LogP) is 6.35. The Labute approximate surface area is 266 Å². The topological polar surface area (TPSA) is 94.3 Å². The first-order chi connectivity index (χ1) is 22.5. The summed E-state index contributed by atoms with van der Waals surface area (Å²) in [5.41, 5.74) is 6.34. The van der Waals surface area contributed by atoms with Crippen molar-refractivity contribution in [3.63, 3.8) is 0 Å². The van der Waals surface area contributed by atoms with Gasteiger partial charge >= 0.3 is 0 Å². The number of carbonyl (C=O) groups is 1. The zero-order valence-corrected chi connectivity index (χ0v) is 25.4. The molecule has 2 aliphatic heterocycles. The van der Waals surface area contributed by atoms with Crippen molar-refractivity contribution in [3.8, 4) is 11.1 Å². The van der Waals surface area contributed by atoms with E-state index in [0.717, 1.165) is 78.7 Å². The SMILES string of the molecule is O=C(Nc1n[nH]c2cc(-c3ccccc3)c(Cc3cc(F)cc(F)c3)cc12)c1ccc(N2CCNCC2)cc1NC1CCOCC1. The first-order valence-corrected chi connectivity index (χ1v) is 15.8. The van der Waals surface area contributed by atoms with Crippen molar-refractivity contribution in [2.45, 2.75) is 25.3 Å². The van der Waals surface area contributed by atoms with Gasteiger partial charge in [-0.05, 0) is 84.0 Å². The molecule has 0 bridgehead atoms. The van der Waals surface area contributed by atoms with Crippen molar-refractivity contribution in [3.05, 3.63) is 107 Å². The molecule has 0 saturated carbocycles. The second-order valence-electron chi connectivity index (χ2n) is 11.9.